The summed E-state index contributed by atoms with van der Waals surface area (Å²) in [6, 6.07) is 7.85. The summed E-state index contributed by atoms with van der Waals surface area (Å²) in [6.45, 7) is 0. The summed E-state index contributed by atoms with van der Waals surface area (Å²) in [5, 5.41) is 10.0. The van der Waals surface area contributed by atoms with Crippen molar-refractivity contribution in [1.82, 2.24) is 0 Å². The summed E-state index contributed by atoms with van der Waals surface area (Å²) in [5.74, 6) is 0. The van der Waals surface area contributed by atoms with Crippen molar-refractivity contribution in [3.63, 3.8) is 0 Å². The maximum absolute atomic E-state index is 9.66. The summed E-state index contributed by atoms with van der Waals surface area (Å²) in [7, 11) is 0. The molecule has 0 aliphatic heterocycles. The number of hydrogen-bond acceptors (Lipinski definition) is 3. The Labute approximate surface area is 88.5 Å². The van der Waals surface area contributed by atoms with Crippen LogP contribution < -0.4 is 5.73 Å². The van der Waals surface area contributed by atoms with Crippen LogP contribution in [-0.2, 0) is 0 Å². The lowest BCUT2D eigenvalue weighted by molar-refractivity contribution is 0.188. The molecule has 2 nitrogen and oxygen atoms in total. The van der Waals surface area contributed by atoms with Gasteiger partial charge in [0.25, 0.3) is 0 Å². The Morgan fingerprint density at radius 3 is 2.50 bits per heavy atom. The molecular formula is C11H15NOS. The van der Waals surface area contributed by atoms with E-state index in [0.29, 0.717) is 5.25 Å². The van der Waals surface area contributed by atoms with Gasteiger partial charge in [0.1, 0.15) is 0 Å². The van der Waals surface area contributed by atoms with Crippen LogP contribution in [0.4, 0.5) is 5.69 Å². The number of nitrogens with two attached hydrogens (primary N) is 1. The molecule has 1 aliphatic rings. The van der Waals surface area contributed by atoms with E-state index in [1.165, 1.54) is 4.90 Å². The molecule has 0 aromatic heterocycles. The van der Waals surface area contributed by atoms with Gasteiger partial charge < -0.3 is 10.8 Å². The van der Waals surface area contributed by atoms with Gasteiger partial charge in [0.05, 0.1) is 6.10 Å². The smallest absolute Gasteiger partial charge is 0.0662 e. The highest BCUT2D eigenvalue weighted by atomic mass is 32.2. The molecule has 3 N–H and O–H groups in total. The second-order valence-electron chi connectivity index (χ2n) is 3.72. The number of anilines is 1. The minimum Gasteiger partial charge on any atom is -0.399 e. The van der Waals surface area contributed by atoms with Gasteiger partial charge in [-0.25, -0.2) is 0 Å². The van der Waals surface area contributed by atoms with Crippen LogP contribution in [0.15, 0.2) is 29.2 Å². The van der Waals surface area contributed by atoms with E-state index in [1.807, 2.05) is 24.3 Å². The van der Waals surface area contributed by atoms with Crippen molar-refractivity contribution in [2.24, 2.45) is 0 Å². The average molecular weight is 209 g/mol. The van der Waals surface area contributed by atoms with E-state index in [2.05, 4.69) is 0 Å². The van der Waals surface area contributed by atoms with Gasteiger partial charge in [0, 0.05) is 15.8 Å². The Morgan fingerprint density at radius 1 is 1.21 bits per heavy atom. The normalized spacial score (nSPS) is 26.6. The Balaban J connectivity index is 2.00. The van der Waals surface area contributed by atoms with E-state index < -0.39 is 0 Å². The Kier molecular flexibility index (Phi) is 2.99. The van der Waals surface area contributed by atoms with Crippen LogP contribution in [0.1, 0.15) is 19.3 Å². The lowest BCUT2D eigenvalue weighted by Gasteiger charge is -2.13. The number of thioether (sulfide) groups is 1. The van der Waals surface area contributed by atoms with Gasteiger partial charge in [-0.15, -0.1) is 11.8 Å². The van der Waals surface area contributed by atoms with Crippen LogP contribution in [0.2, 0.25) is 0 Å². The molecule has 0 spiro atoms. The summed E-state index contributed by atoms with van der Waals surface area (Å²) in [6.07, 6.45) is 3.09. The number of benzene rings is 1. The maximum Gasteiger partial charge on any atom is 0.0662 e. The topological polar surface area (TPSA) is 46.2 Å². The molecule has 1 saturated carbocycles. The average Bonchev–Trinajstić information content (AvgIpc) is 2.56. The van der Waals surface area contributed by atoms with E-state index in [-0.39, 0.29) is 6.10 Å². The van der Waals surface area contributed by atoms with Crippen molar-refractivity contribution >= 4 is 17.4 Å². The van der Waals surface area contributed by atoms with Crippen LogP contribution in [-0.4, -0.2) is 16.5 Å². The number of aliphatic hydroxyl groups excluding tert-OH is 1. The van der Waals surface area contributed by atoms with Crippen molar-refractivity contribution in [3.8, 4) is 0 Å². The van der Waals surface area contributed by atoms with Crippen LogP contribution in [0.25, 0.3) is 0 Å². The third-order valence-electron chi connectivity index (χ3n) is 2.59. The summed E-state index contributed by atoms with van der Waals surface area (Å²) in [5.41, 5.74) is 6.40. The molecule has 2 rings (SSSR count). The number of hydrogen-bond donors (Lipinski definition) is 2. The molecule has 1 aliphatic carbocycles. The summed E-state index contributed by atoms with van der Waals surface area (Å²) in [4.78, 5) is 1.20. The number of nitrogen functional groups attached to an aromatic ring is 1. The van der Waals surface area contributed by atoms with Gasteiger partial charge in [0.15, 0.2) is 0 Å². The molecule has 1 aromatic carbocycles. The fourth-order valence-corrected chi connectivity index (χ4v) is 2.99. The Hall–Kier alpha value is -0.670. The van der Waals surface area contributed by atoms with Crippen LogP contribution >= 0.6 is 11.8 Å². The zero-order valence-electron chi connectivity index (χ0n) is 8.02. The number of rotatable bonds is 2. The molecule has 0 radical (unpaired) electrons. The van der Waals surface area contributed by atoms with Crippen molar-refractivity contribution in [1.29, 1.82) is 0 Å². The Morgan fingerprint density at radius 2 is 1.93 bits per heavy atom. The van der Waals surface area contributed by atoms with Gasteiger partial charge in [0.2, 0.25) is 0 Å². The SMILES string of the molecule is Nc1ccc(SC2CCCC2O)cc1. The maximum atomic E-state index is 9.66. The first kappa shape index (κ1) is 9.87. The van der Waals surface area contributed by atoms with Crippen molar-refractivity contribution < 1.29 is 5.11 Å². The van der Waals surface area contributed by atoms with E-state index in [4.69, 9.17) is 5.73 Å². The fraction of sp³-hybridized carbons (Fsp3) is 0.455. The fourth-order valence-electron chi connectivity index (χ4n) is 1.77. The first-order valence-corrected chi connectivity index (χ1v) is 5.84. The van der Waals surface area contributed by atoms with Gasteiger partial charge in [-0.05, 0) is 43.5 Å². The van der Waals surface area contributed by atoms with Crippen LogP contribution in [0, 0.1) is 0 Å². The van der Waals surface area contributed by atoms with Gasteiger partial charge in [-0.3, -0.25) is 0 Å². The predicted octanol–water partition coefficient (Wildman–Crippen LogP) is 2.27. The molecule has 0 amide bonds. The molecular weight excluding hydrogens is 194 g/mol. The van der Waals surface area contributed by atoms with Gasteiger partial charge in [-0.2, -0.15) is 0 Å². The lowest BCUT2D eigenvalue weighted by atomic mass is 10.3. The molecule has 3 heteroatoms. The summed E-state index contributed by atoms with van der Waals surface area (Å²) < 4.78 is 0. The second kappa shape index (κ2) is 4.24. The molecule has 0 bridgehead atoms. The van der Waals surface area contributed by atoms with Gasteiger partial charge in [-0.1, -0.05) is 0 Å². The Bertz CT molecular complexity index is 299. The minimum atomic E-state index is -0.127. The third-order valence-corrected chi connectivity index (χ3v) is 3.98. The molecule has 2 unspecified atom stereocenters. The van der Waals surface area contributed by atoms with Crippen LogP contribution in [0.3, 0.4) is 0 Å². The zero-order chi connectivity index (χ0) is 9.97. The zero-order valence-corrected chi connectivity index (χ0v) is 8.83. The third kappa shape index (κ3) is 2.22. The van der Waals surface area contributed by atoms with E-state index in [1.54, 1.807) is 11.8 Å². The first-order valence-electron chi connectivity index (χ1n) is 4.96. The largest absolute Gasteiger partial charge is 0.399 e. The van der Waals surface area contributed by atoms with Gasteiger partial charge >= 0.3 is 0 Å². The lowest BCUT2D eigenvalue weighted by Crippen LogP contribution is -2.14. The molecule has 1 aromatic rings. The second-order valence-corrected chi connectivity index (χ2v) is 5.04. The molecule has 1 fully saturated rings. The predicted molar refractivity (Wildman–Crippen MR) is 60.4 cm³/mol. The molecule has 0 heterocycles. The highest BCUT2D eigenvalue weighted by Gasteiger charge is 2.25. The van der Waals surface area contributed by atoms with Crippen LogP contribution in [0.5, 0.6) is 0 Å². The quantitative estimate of drug-likeness (QED) is 0.734. The molecule has 14 heavy (non-hydrogen) atoms. The number of aliphatic hydroxyl groups is 1. The molecule has 0 saturated heterocycles. The van der Waals surface area contributed by atoms with E-state index in [0.717, 1.165) is 24.9 Å². The standard InChI is InChI=1S/C11H15NOS/c12-8-4-6-9(7-5-8)14-11-3-1-2-10(11)13/h4-7,10-11,13H,1-3,12H2. The van der Waals surface area contributed by atoms with E-state index >= 15 is 0 Å². The summed E-state index contributed by atoms with van der Waals surface area (Å²) >= 11 is 1.76. The van der Waals surface area contributed by atoms with E-state index in [9.17, 15) is 5.11 Å². The van der Waals surface area contributed by atoms with Crippen molar-refractivity contribution in [2.45, 2.75) is 35.5 Å². The molecule has 76 valence electrons. The molecule has 2 atom stereocenters. The minimum absolute atomic E-state index is 0.127. The monoisotopic (exact) mass is 209 g/mol. The van der Waals surface area contributed by atoms with Crippen molar-refractivity contribution in [2.75, 3.05) is 5.73 Å². The van der Waals surface area contributed by atoms with Crippen molar-refractivity contribution in [3.05, 3.63) is 24.3 Å². The first-order chi connectivity index (χ1) is 6.75. The highest BCUT2D eigenvalue weighted by Crippen LogP contribution is 2.35. The highest BCUT2D eigenvalue weighted by molar-refractivity contribution is 8.00.